The lowest BCUT2D eigenvalue weighted by atomic mass is 9.89. The van der Waals surface area contributed by atoms with Crippen LogP contribution in [0.25, 0.3) is 0 Å². The Labute approximate surface area is 227 Å². The van der Waals surface area contributed by atoms with Gasteiger partial charge in [0.25, 0.3) is 0 Å². The zero-order chi connectivity index (χ0) is 28.7. The van der Waals surface area contributed by atoms with Crippen molar-refractivity contribution >= 4 is 0 Å². The van der Waals surface area contributed by atoms with Gasteiger partial charge in [0.05, 0.1) is 0 Å². The van der Waals surface area contributed by atoms with E-state index in [0.717, 1.165) is 23.7 Å². The van der Waals surface area contributed by atoms with Crippen LogP contribution in [0, 0.1) is 23.7 Å². The molecule has 35 heavy (non-hydrogen) atoms. The lowest BCUT2D eigenvalue weighted by Crippen LogP contribution is -2.30. The van der Waals surface area contributed by atoms with Crippen molar-refractivity contribution in [1.29, 1.82) is 0 Å². The topological polar surface area (TPSA) is 6.48 Å². The normalized spacial score (nSPS) is 16.1. The Morgan fingerprint density at radius 2 is 0.971 bits per heavy atom. The van der Waals surface area contributed by atoms with Gasteiger partial charge >= 0.3 is 0 Å². The molecule has 2 heterocycles. The number of rotatable bonds is 5. The van der Waals surface area contributed by atoms with Crippen molar-refractivity contribution < 1.29 is 0 Å². The van der Waals surface area contributed by atoms with Crippen LogP contribution in [0.5, 0.6) is 0 Å². The minimum Gasteiger partial charge on any atom is -0.306 e. The third kappa shape index (κ3) is 38.4. The van der Waals surface area contributed by atoms with Crippen LogP contribution in [0.3, 0.4) is 0 Å². The van der Waals surface area contributed by atoms with E-state index in [9.17, 15) is 0 Å². The molecule has 0 atom stereocenters. The van der Waals surface area contributed by atoms with E-state index in [1.165, 1.54) is 77.5 Å². The molecule has 2 fully saturated rings. The van der Waals surface area contributed by atoms with Crippen LogP contribution in [-0.2, 0) is 0 Å². The van der Waals surface area contributed by atoms with Crippen LogP contribution in [0.4, 0.5) is 0 Å². The summed E-state index contributed by atoms with van der Waals surface area (Å²) in [6.07, 6.45) is 12.9. The minimum absolute atomic E-state index is 0.892. The highest BCUT2D eigenvalue weighted by atomic mass is 15.1. The first-order valence-electron chi connectivity index (χ1n) is 15.7. The maximum atomic E-state index is 3.36. The average Bonchev–Trinajstić information content (AvgIpc) is 2.90. The average molecular weight is 501 g/mol. The van der Waals surface area contributed by atoms with Gasteiger partial charge in [0.2, 0.25) is 0 Å². The molecule has 0 amide bonds. The molecule has 2 nitrogen and oxygen atoms in total. The Morgan fingerprint density at radius 1 is 0.686 bits per heavy atom. The molecule has 0 aromatic heterocycles. The highest BCUT2D eigenvalue weighted by molar-refractivity contribution is 4.70. The monoisotopic (exact) mass is 501 g/mol. The molecule has 0 unspecified atom stereocenters. The summed E-state index contributed by atoms with van der Waals surface area (Å²) in [5, 5.41) is 0. The van der Waals surface area contributed by atoms with E-state index in [1.807, 2.05) is 48.5 Å². The Hall–Kier alpha value is -0.340. The second-order valence-corrected chi connectivity index (χ2v) is 9.86. The number of hydrogen-bond donors (Lipinski definition) is 0. The van der Waals surface area contributed by atoms with E-state index in [2.05, 4.69) is 72.0 Å². The third-order valence-corrected chi connectivity index (χ3v) is 6.45. The molecular weight excluding hydrogens is 424 g/mol. The highest BCUT2D eigenvalue weighted by Crippen LogP contribution is 2.23. The van der Waals surface area contributed by atoms with Crippen molar-refractivity contribution in [3.63, 3.8) is 0 Å². The van der Waals surface area contributed by atoms with Crippen molar-refractivity contribution in [2.75, 3.05) is 40.3 Å². The third-order valence-electron chi connectivity index (χ3n) is 6.45. The van der Waals surface area contributed by atoms with Gasteiger partial charge in [-0.15, -0.1) is 6.58 Å². The Morgan fingerprint density at radius 3 is 1.17 bits per heavy atom. The van der Waals surface area contributed by atoms with Gasteiger partial charge in [-0.2, -0.15) is 0 Å². The molecule has 0 aromatic carbocycles. The molecule has 2 saturated heterocycles. The first kappa shape index (κ1) is 44.6. The number of hydrogen-bond acceptors (Lipinski definition) is 2. The second-order valence-electron chi connectivity index (χ2n) is 9.86. The van der Waals surface area contributed by atoms with Gasteiger partial charge in [0, 0.05) is 0 Å². The van der Waals surface area contributed by atoms with Gasteiger partial charge < -0.3 is 9.80 Å². The molecule has 0 N–H and O–H groups in total. The highest BCUT2D eigenvalue weighted by Gasteiger charge is 2.17. The lowest BCUT2D eigenvalue weighted by molar-refractivity contribution is 0.201. The maximum Gasteiger partial charge on any atom is -0.00191 e. The van der Waals surface area contributed by atoms with Crippen molar-refractivity contribution in [3.05, 3.63) is 12.7 Å². The molecule has 0 aliphatic carbocycles. The fourth-order valence-electron chi connectivity index (χ4n) is 3.72. The van der Waals surface area contributed by atoms with E-state index in [1.54, 1.807) is 6.08 Å². The zero-order valence-corrected chi connectivity index (χ0v) is 28.0. The lowest BCUT2D eigenvalue weighted by Gasteiger charge is -2.29. The summed E-state index contributed by atoms with van der Waals surface area (Å²) < 4.78 is 0. The quantitative estimate of drug-likeness (QED) is 0.346. The van der Waals surface area contributed by atoms with Crippen LogP contribution < -0.4 is 0 Å². The summed E-state index contributed by atoms with van der Waals surface area (Å²) in [7, 11) is 4.44. The summed E-state index contributed by atoms with van der Waals surface area (Å²) in [6, 6.07) is 0. The van der Waals surface area contributed by atoms with Gasteiger partial charge in [0.1, 0.15) is 0 Å². The zero-order valence-electron chi connectivity index (χ0n) is 28.0. The van der Waals surface area contributed by atoms with Crippen LogP contribution in [0.15, 0.2) is 12.7 Å². The SMILES string of the molecule is C=CC.CC.CC.CC.CC(C)CC1CCN(C)CC1.CCC(C)CC.CCC1CCN(C)CC1. The maximum absolute atomic E-state index is 3.36. The first-order valence-corrected chi connectivity index (χ1v) is 15.7. The number of nitrogens with zero attached hydrogens (tertiary/aromatic N) is 2. The second kappa shape index (κ2) is 38.2. The van der Waals surface area contributed by atoms with Crippen molar-refractivity contribution in [3.8, 4) is 0 Å². The molecule has 2 rings (SSSR count). The van der Waals surface area contributed by atoms with Gasteiger partial charge in [-0.25, -0.2) is 0 Å². The summed E-state index contributed by atoms with van der Waals surface area (Å²) in [5.74, 6) is 3.88. The molecule has 0 radical (unpaired) electrons. The van der Waals surface area contributed by atoms with E-state index in [4.69, 9.17) is 0 Å². The van der Waals surface area contributed by atoms with Crippen LogP contribution in [-0.4, -0.2) is 50.1 Å². The summed E-state index contributed by atoms with van der Waals surface area (Å²) in [5.41, 5.74) is 0. The van der Waals surface area contributed by atoms with Crippen molar-refractivity contribution in [2.45, 2.75) is 141 Å². The standard InChI is InChI=1S/C10H21N.C8H17N.C6H14.C3H6.3C2H6/c1-9(2)8-10-4-6-11(3)7-5-10;1-3-8-4-6-9(2)7-5-8;1-4-6(3)5-2;1-3-2;3*1-2/h9-10H,4-8H2,1-3H3;8H,3-7H2,1-2H3;6H,4-5H2,1-3H3;3H,1H2,2H3;3*1-2H3. The number of likely N-dealkylation sites (tertiary alicyclic amines) is 2. The van der Waals surface area contributed by atoms with Crippen LogP contribution in [0.1, 0.15) is 141 Å². The molecule has 0 aromatic rings. The van der Waals surface area contributed by atoms with E-state index < -0.39 is 0 Å². The smallest absolute Gasteiger partial charge is 0.00191 e. The Kier molecular flexibility index (Phi) is 48.7. The number of piperidine rings is 2. The van der Waals surface area contributed by atoms with E-state index >= 15 is 0 Å². The molecule has 218 valence electrons. The van der Waals surface area contributed by atoms with E-state index in [0.29, 0.717) is 0 Å². The fourth-order valence-corrected chi connectivity index (χ4v) is 3.72. The number of allylic oxidation sites excluding steroid dienone is 1. The molecule has 0 bridgehead atoms. The first-order chi connectivity index (χ1) is 16.7. The molecule has 0 spiro atoms. The predicted octanol–water partition coefficient (Wildman–Crippen LogP) is 10.8. The summed E-state index contributed by atoms with van der Waals surface area (Å²) in [6.45, 7) is 36.2. The molecule has 2 aliphatic heterocycles. The molecule has 2 heteroatoms. The van der Waals surface area contributed by atoms with Gasteiger partial charge in [0.15, 0.2) is 0 Å². The molecular formula is C33H76N2. The van der Waals surface area contributed by atoms with Crippen LogP contribution >= 0.6 is 0 Å². The largest absolute Gasteiger partial charge is 0.306 e. The Bertz CT molecular complexity index is 320. The van der Waals surface area contributed by atoms with Crippen molar-refractivity contribution in [2.24, 2.45) is 23.7 Å². The van der Waals surface area contributed by atoms with Crippen molar-refractivity contribution in [1.82, 2.24) is 9.80 Å². The molecule has 0 saturated carbocycles. The molecule has 2 aliphatic rings. The van der Waals surface area contributed by atoms with E-state index in [-0.39, 0.29) is 0 Å². The van der Waals surface area contributed by atoms with Gasteiger partial charge in [-0.1, -0.05) is 108 Å². The predicted molar refractivity (Wildman–Crippen MR) is 170 cm³/mol. The summed E-state index contributed by atoms with van der Waals surface area (Å²) >= 11 is 0. The van der Waals surface area contributed by atoms with Gasteiger partial charge in [-0.05, 0) is 103 Å². The van der Waals surface area contributed by atoms with Crippen LogP contribution in [0.2, 0.25) is 0 Å². The summed E-state index contributed by atoms with van der Waals surface area (Å²) in [4.78, 5) is 4.86. The Balaban J connectivity index is -0.000000113. The van der Waals surface area contributed by atoms with Gasteiger partial charge in [-0.3, -0.25) is 0 Å². The minimum atomic E-state index is 0.892. The fraction of sp³-hybridized carbons (Fsp3) is 0.939.